The van der Waals surface area contributed by atoms with Gasteiger partial charge in [0.1, 0.15) is 5.75 Å². The zero-order valence-corrected chi connectivity index (χ0v) is 14.8. The molecule has 1 amide bonds. The third-order valence-corrected chi connectivity index (χ3v) is 5.54. The van der Waals surface area contributed by atoms with Gasteiger partial charge in [-0.1, -0.05) is 12.1 Å². The summed E-state index contributed by atoms with van der Waals surface area (Å²) in [4.78, 5) is 14.2. The van der Waals surface area contributed by atoms with Crippen molar-refractivity contribution >= 4 is 21.6 Å². The number of nitrogens with one attached hydrogen (secondary N) is 1. The average Bonchev–Trinajstić information content (AvgIpc) is 3.16. The minimum atomic E-state index is -3.76. The Labute approximate surface area is 147 Å². The second-order valence-corrected chi connectivity index (χ2v) is 7.51. The Bertz CT molecular complexity index is 857. The minimum Gasteiger partial charge on any atom is -0.495 e. The molecule has 1 fully saturated rings. The van der Waals surface area contributed by atoms with Crippen molar-refractivity contribution < 1.29 is 17.9 Å². The summed E-state index contributed by atoms with van der Waals surface area (Å²) in [5.41, 5.74) is 0.861. The Morgan fingerprint density at radius 3 is 2.32 bits per heavy atom. The lowest BCUT2D eigenvalue weighted by Gasteiger charge is -2.15. The van der Waals surface area contributed by atoms with E-state index >= 15 is 0 Å². The van der Waals surface area contributed by atoms with Crippen molar-refractivity contribution in [2.45, 2.75) is 17.7 Å². The normalized spacial score (nSPS) is 14.4. The standard InChI is InChI=1S/C18H20N2O4S/c1-24-17-7-3-2-6-16(17)19-25(22,23)15-10-8-14(9-11-15)18(21)20-12-4-5-13-20/h2-3,6-11,19H,4-5,12-13H2,1H3. The Kier molecular flexibility index (Phi) is 4.94. The lowest BCUT2D eigenvalue weighted by molar-refractivity contribution is 0.0792. The fourth-order valence-corrected chi connectivity index (χ4v) is 3.88. The van der Waals surface area contributed by atoms with E-state index in [2.05, 4.69) is 4.72 Å². The number of carbonyl (C=O) groups is 1. The first-order valence-electron chi connectivity index (χ1n) is 8.06. The van der Waals surface area contributed by atoms with Crippen LogP contribution in [0.1, 0.15) is 23.2 Å². The number of sulfonamides is 1. The maximum atomic E-state index is 12.5. The molecule has 0 bridgehead atoms. The molecule has 1 aliphatic heterocycles. The van der Waals surface area contributed by atoms with Crippen LogP contribution in [-0.4, -0.2) is 39.4 Å². The largest absolute Gasteiger partial charge is 0.495 e. The molecule has 7 heteroatoms. The zero-order valence-electron chi connectivity index (χ0n) is 13.9. The molecule has 2 aromatic carbocycles. The van der Waals surface area contributed by atoms with Gasteiger partial charge in [0.15, 0.2) is 0 Å². The van der Waals surface area contributed by atoms with Gasteiger partial charge in [0.05, 0.1) is 17.7 Å². The molecule has 0 saturated carbocycles. The van der Waals surface area contributed by atoms with Gasteiger partial charge in [-0.3, -0.25) is 9.52 Å². The number of ether oxygens (including phenoxy) is 1. The maximum absolute atomic E-state index is 12.5. The number of methoxy groups -OCH3 is 1. The molecule has 1 N–H and O–H groups in total. The number of carbonyl (C=O) groups excluding carboxylic acids is 1. The predicted octanol–water partition coefficient (Wildman–Crippen LogP) is 2.73. The summed E-state index contributed by atoms with van der Waals surface area (Å²) in [6, 6.07) is 12.8. The van der Waals surface area contributed by atoms with E-state index in [0.29, 0.717) is 17.0 Å². The van der Waals surface area contributed by atoms with Gasteiger partial charge in [-0.25, -0.2) is 8.42 Å². The monoisotopic (exact) mass is 360 g/mol. The third kappa shape index (κ3) is 3.76. The SMILES string of the molecule is COc1ccccc1NS(=O)(=O)c1ccc(C(=O)N2CCCC2)cc1. The highest BCUT2D eigenvalue weighted by atomic mass is 32.2. The topological polar surface area (TPSA) is 75.7 Å². The number of para-hydroxylation sites is 2. The van der Waals surface area contributed by atoms with Crippen molar-refractivity contribution in [1.82, 2.24) is 4.90 Å². The van der Waals surface area contributed by atoms with E-state index in [0.717, 1.165) is 25.9 Å². The fraction of sp³-hybridized carbons (Fsp3) is 0.278. The lowest BCUT2D eigenvalue weighted by atomic mass is 10.2. The molecule has 0 aliphatic carbocycles. The van der Waals surface area contributed by atoms with Gasteiger partial charge in [-0.05, 0) is 49.2 Å². The lowest BCUT2D eigenvalue weighted by Crippen LogP contribution is -2.27. The van der Waals surface area contributed by atoms with E-state index in [1.165, 1.54) is 19.2 Å². The average molecular weight is 360 g/mol. The second-order valence-electron chi connectivity index (χ2n) is 5.83. The summed E-state index contributed by atoms with van der Waals surface area (Å²) in [7, 11) is -2.28. The molecular formula is C18H20N2O4S. The van der Waals surface area contributed by atoms with Crippen molar-refractivity contribution in [3.05, 3.63) is 54.1 Å². The number of rotatable bonds is 5. The second kappa shape index (κ2) is 7.14. The smallest absolute Gasteiger partial charge is 0.262 e. The number of hydrogen-bond acceptors (Lipinski definition) is 4. The molecule has 3 rings (SSSR count). The van der Waals surface area contributed by atoms with Gasteiger partial charge in [0.2, 0.25) is 0 Å². The van der Waals surface area contributed by atoms with Gasteiger partial charge in [0.25, 0.3) is 15.9 Å². The van der Waals surface area contributed by atoms with Crippen LogP contribution in [0.25, 0.3) is 0 Å². The van der Waals surface area contributed by atoms with Crippen LogP contribution in [0.5, 0.6) is 5.75 Å². The molecule has 2 aromatic rings. The molecule has 0 spiro atoms. The van der Waals surface area contributed by atoms with Crippen LogP contribution in [0.4, 0.5) is 5.69 Å². The number of amides is 1. The predicted molar refractivity (Wildman–Crippen MR) is 95.4 cm³/mol. The number of likely N-dealkylation sites (tertiary alicyclic amines) is 1. The maximum Gasteiger partial charge on any atom is 0.262 e. The molecule has 0 atom stereocenters. The number of benzene rings is 2. The Hall–Kier alpha value is -2.54. The van der Waals surface area contributed by atoms with Gasteiger partial charge in [0, 0.05) is 18.7 Å². The molecule has 25 heavy (non-hydrogen) atoms. The summed E-state index contributed by atoms with van der Waals surface area (Å²) in [6.07, 6.45) is 2.03. The van der Waals surface area contributed by atoms with Crippen LogP contribution in [0, 0.1) is 0 Å². The zero-order chi connectivity index (χ0) is 17.9. The van der Waals surface area contributed by atoms with Crippen molar-refractivity contribution in [3.63, 3.8) is 0 Å². The number of nitrogens with zero attached hydrogens (tertiary/aromatic N) is 1. The molecule has 0 radical (unpaired) electrons. The number of anilines is 1. The van der Waals surface area contributed by atoms with Crippen LogP contribution in [-0.2, 0) is 10.0 Å². The van der Waals surface area contributed by atoms with Crippen LogP contribution in [0.15, 0.2) is 53.4 Å². The highest BCUT2D eigenvalue weighted by Gasteiger charge is 2.21. The summed E-state index contributed by atoms with van der Waals surface area (Å²) < 4.78 is 32.8. The van der Waals surface area contributed by atoms with Gasteiger partial charge in [-0.2, -0.15) is 0 Å². The number of hydrogen-bond donors (Lipinski definition) is 1. The first-order chi connectivity index (χ1) is 12.0. The summed E-state index contributed by atoms with van der Waals surface area (Å²) in [6.45, 7) is 1.52. The quantitative estimate of drug-likeness (QED) is 0.890. The summed E-state index contributed by atoms with van der Waals surface area (Å²) >= 11 is 0. The minimum absolute atomic E-state index is 0.0564. The van der Waals surface area contributed by atoms with Crippen molar-refractivity contribution in [1.29, 1.82) is 0 Å². The molecular weight excluding hydrogens is 340 g/mol. The van der Waals surface area contributed by atoms with Crippen LogP contribution < -0.4 is 9.46 Å². The van der Waals surface area contributed by atoms with Crippen LogP contribution in [0.2, 0.25) is 0 Å². The van der Waals surface area contributed by atoms with E-state index < -0.39 is 10.0 Å². The Morgan fingerprint density at radius 2 is 1.68 bits per heavy atom. The van der Waals surface area contributed by atoms with E-state index in [1.807, 2.05) is 0 Å². The van der Waals surface area contributed by atoms with Crippen molar-refractivity contribution in [2.24, 2.45) is 0 Å². The van der Waals surface area contributed by atoms with Gasteiger partial charge < -0.3 is 9.64 Å². The highest BCUT2D eigenvalue weighted by molar-refractivity contribution is 7.92. The van der Waals surface area contributed by atoms with E-state index in [1.54, 1.807) is 41.3 Å². The van der Waals surface area contributed by atoms with Gasteiger partial charge in [-0.15, -0.1) is 0 Å². The van der Waals surface area contributed by atoms with E-state index in [4.69, 9.17) is 4.74 Å². The first-order valence-corrected chi connectivity index (χ1v) is 9.55. The third-order valence-electron chi connectivity index (χ3n) is 4.16. The molecule has 1 saturated heterocycles. The highest BCUT2D eigenvalue weighted by Crippen LogP contribution is 2.26. The van der Waals surface area contributed by atoms with Crippen LogP contribution in [0.3, 0.4) is 0 Å². The Balaban J connectivity index is 1.79. The van der Waals surface area contributed by atoms with Gasteiger partial charge >= 0.3 is 0 Å². The summed E-state index contributed by atoms with van der Waals surface area (Å²) in [5.74, 6) is 0.381. The van der Waals surface area contributed by atoms with E-state index in [9.17, 15) is 13.2 Å². The molecule has 132 valence electrons. The first kappa shape index (κ1) is 17.3. The van der Waals surface area contributed by atoms with Crippen molar-refractivity contribution in [2.75, 3.05) is 24.9 Å². The molecule has 0 unspecified atom stereocenters. The fourth-order valence-electron chi connectivity index (χ4n) is 2.81. The van der Waals surface area contributed by atoms with Crippen molar-refractivity contribution in [3.8, 4) is 5.75 Å². The molecule has 1 aliphatic rings. The Morgan fingerprint density at radius 1 is 1.04 bits per heavy atom. The molecule has 6 nitrogen and oxygen atoms in total. The molecule has 1 heterocycles. The van der Waals surface area contributed by atoms with E-state index in [-0.39, 0.29) is 10.8 Å². The molecule has 0 aromatic heterocycles. The van der Waals surface area contributed by atoms with Crippen LogP contribution >= 0.6 is 0 Å². The summed E-state index contributed by atoms with van der Waals surface area (Å²) in [5, 5.41) is 0.